The summed E-state index contributed by atoms with van der Waals surface area (Å²) in [7, 11) is 0. The Hall–Kier alpha value is -0.850. The molecule has 1 saturated carbocycles. The van der Waals surface area contributed by atoms with Crippen LogP contribution < -0.4 is 5.73 Å². The van der Waals surface area contributed by atoms with E-state index in [0.717, 1.165) is 21.2 Å². The molecule has 1 aromatic carbocycles. The van der Waals surface area contributed by atoms with E-state index in [0.29, 0.717) is 12.6 Å². The molecule has 0 bridgehead atoms. The van der Waals surface area contributed by atoms with Gasteiger partial charge in [0.05, 0.1) is 6.54 Å². The number of thioether (sulfide) groups is 1. The molecule has 0 amide bonds. The highest BCUT2D eigenvalue weighted by molar-refractivity contribution is 9.10. The Kier molecular flexibility index (Phi) is 3.91. The molecule has 19 heavy (non-hydrogen) atoms. The van der Waals surface area contributed by atoms with Gasteiger partial charge in [-0.3, -0.25) is 0 Å². The van der Waals surface area contributed by atoms with Crippen molar-refractivity contribution in [1.82, 2.24) is 14.8 Å². The zero-order chi connectivity index (χ0) is 13.2. The molecule has 1 aliphatic carbocycles. The summed E-state index contributed by atoms with van der Waals surface area (Å²) in [5, 5.41) is 9.44. The van der Waals surface area contributed by atoms with Crippen molar-refractivity contribution in [3.63, 3.8) is 0 Å². The van der Waals surface area contributed by atoms with Crippen LogP contribution >= 0.6 is 27.7 Å². The Morgan fingerprint density at radius 2 is 2.00 bits per heavy atom. The maximum Gasteiger partial charge on any atom is 0.191 e. The second-order valence-electron chi connectivity index (χ2n) is 4.62. The Balaban J connectivity index is 1.73. The molecule has 3 rings (SSSR count). The molecule has 0 radical (unpaired) electrons. The summed E-state index contributed by atoms with van der Waals surface area (Å²) in [5.41, 5.74) is 7.00. The Bertz CT molecular complexity index is 563. The fourth-order valence-corrected chi connectivity index (χ4v) is 3.22. The topological polar surface area (TPSA) is 56.7 Å². The first-order valence-electron chi connectivity index (χ1n) is 6.29. The first-order valence-corrected chi connectivity index (χ1v) is 8.07. The van der Waals surface area contributed by atoms with Gasteiger partial charge in [0.1, 0.15) is 5.82 Å². The van der Waals surface area contributed by atoms with E-state index in [2.05, 4.69) is 55.0 Å². The van der Waals surface area contributed by atoms with Gasteiger partial charge in [-0.25, -0.2) is 0 Å². The van der Waals surface area contributed by atoms with Crippen molar-refractivity contribution in [2.45, 2.75) is 36.3 Å². The van der Waals surface area contributed by atoms with Gasteiger partial charge in [-0.1, -0.05) is 39.8 Å². The summed E-state index contributed by atoms with van der Waals surface area (Å²) in [6, 6.07) is 8.94. The van der Waals surface area contributed by atoms with E-state index >= 15 is 0 Å². The van der Waals surface area contributed by atoms with Crippen LogP contribution in [0.25, 0.3) is 0 Å². The standard InChI is InChI=1S/C13H15BrN4S/c14-10-3-1-9(2-4-10)8-19-13-17-16-12(7-15)18(13)11-5-6-11/h1-4,11H,5-8,15H2. The Morgan fingerprint density at radius 1 is 1.26 bits per heavy atom. The lowest BCUT2D eigenvalue weighted by atomic mass is 10.2. The molecule has 0 spiro atoms. The third-order valence-corrected chi connectivity index (χ3v) is 4.65. The van der Waals surface area contributed by atoms with Gasteiger partial charge >= 0.3 is 0 Å². The molecular weight excluding hydrogens is 324 g/mol. The summed E-state index contributed by atoms with van der Waals surface area (Å²) in [6.07, 6.45) is 2.44. The largest absolute Gasteiger partial charge is 0.324 e. The van der Waals surface area contributed by atoms with Crippen molar-refractivity contribution in [2.75, 3.05) is 0 Å². The number of rotatable bonds is 5. The monoisotopic (exact) mass is 338 g/mol. The lowest BCUT2D eigenvalue weighted by Gasteiger charge is -2.07. The maximum atomic E-state index is 5.72. The van der Waals surface area contributed by atoms with Crippen LogP contribution in [0.2, 0.25) is 0 Å². The van der Waals surface area contributed by atoms with Crippen LogP contribution in [0.1, 0.15) is 30.3 Å². The Labute approximate surface area is 124 Å². The van der Waals surface area contributed by atoms with Crippen molar-refractivity contribution in [2.24, 2.45) is 5.73 Å². The van der Waals surface area contributed by atoms with Crippen molar-refractivity contribution < 1.29 is 0 Å². The lowest BCUT2D eigenvalue weighted by molar-refractivity contribution is 0.626. The van der Waals surface area contributed by atoms with Crippen LogP contribution in [-0.4, -0.2) is 14.8 Å². The van der Waals surface area contributed by atoms with Gasteiger partial charge in [0.25, 0.3) is 0 Å². The molecule has 1 heterocycles. The number of aromatic nitrogens is 3. The van der Waals surface area contributed by atoms with Gasteiger partial charge in [-0.2, -0.15) is 0 Å². The number of nitrogens with zero attached hydrogens (tertiary/aromatic N) is 3. The summed E-state index contributed by atoms with van der Waals surface area (Å²) in [5.74, 6) is 1.81. The second-order valence-corrected chi connectivity index (χ2v) is 6.48. The van der Waals surface area contributed by atoms with E-state index in [1.807, 2.05) is 0 Å². The maximum absolute atomic E-state index is 5.72. The molecule has 6 heteroatoms. The predicted molar refractivity (Wildman–Crippen MR) is 79.9 cm³/mol. The van der Waals surface area contributed by atoms with Gasteiger partial charge in [0, 0.05) is 16.3 Å². The number of benzene rings is 1. The molecule has 1 aliphatic rings. The van der Waals surface area contributed by atoms with Crippen LogP contribution in [0, 0.1) is 0 Å². The van der Waals surface area contributed by atoms with Gasteiger partial charge < -0.3 is 10.3 Å². The quantitative estimate of drug-likeness (QED) is 0.851. The van der Waals surface area contributed by atoms with E-state index < -0.39 is 0 Å². The highest BCUT2D eigenvalue weighted by Crippen LogP contribution is 2.39. The minimum absolute atomic E-state index is 0.461. The molecule has 0 saturated heterocycles. The summed E-state index contributed by atoms with van der Waals surface area (Å²) < 4.78 is 3.32. The molecule has 0 unspecified atom stereocenters. The predicted octanol–water partition coefficient (Wildman–Crippen LogP) is 3.13. The zero-order valence-electron chi connectivity index (χ0n) is 10.4. The lowest BCUT2D eigenvalue weighted by Crippen LogP contribution is -2.08. The number of hydrogen-bond acceptors (Lipinski definition) is 4. The normalized spacial score (nSPS) is 14.8. The molecule has 4 nitrogen and oxygen atoms in total. The number of halogens is 1. The first-order chi connectivity index (χ1) is 9.28. The van der Waals surface area contributed by atoms with Crippen molar-refractivity contribution >= 4 is 27.7 Å². The molecule has 0 aliphatic heterocycles. The molecule has 2 aromatic rings. The van der Waals surface area contributed by atoms with Crippen molar-refractivity contribution in [3.8, 4) is 0 Å². The van der Waals surface area contributed by atoms with Crippen LogP contribution in [0.15, 0.2) is 33.9 Å². The van der Waals surface area contributed by atoms with E-state index in [9.17, 15) is 0 Å². The number of hydrogen-bond donors (Lipinski definition) is 1. The summed E-state index contributed by atoms with van der Waals surface area (Å²) >= 11 is 5.17. The van der Waals surface area contributed by atoms with Gasteiger partial charge in [0.15, 0.2) is 5.16 Å². The molecule has 2 N–H and O–H groups in total. The van der Waals surface area contributed by atoms with E-state index in [4.69, 9.17) is 5.73 Å². The van der Waals surface area contributed by atoms with Crippen LogP contribution in [-0.2, 0) is 12.3 Å². The highest BCUT2D eigenvalue weighted by Gasteiger charge is 2.29. The SMILES string of the molecule is NCc1nnc(SCc2ccc(Br)cc2)n1C1CC1. The average molecular weight is 339 g/mol. The second kappa shape index (κ2) is 5.64. The fraction of sp³-hybridized carbons (Fsp3) is 0.385. The molecule has 100 valence electrons. The Morgan fingerprint density at radius 3 is 2.63 bits per heavy atom. The molecular formula is C13H15BrN4S. The van der Waals surface area contributed by atoms with Gasteiger partial charge in [-0.05, 0) is 30.5 Å². The highest BCUT2D eigenvalue weighted by atomic mass is 79.9. The number of nitrogens with two attached hydrogens (primary N) is 1. The van der Waals surface area contributed by atoms with Crippen LogP contribution in [0.4, 0.5) is 0 Å². The fourth-order valence-electron chi connectivity index (χ4n) is 1.97. The minimum Gasteiger partial charge on any atom is -0.324 e. The van der Waals surface area contributed by atoms with Crippen molar-refractivity contribution in [3.05, 3.63) is 40.1 Å². The third kappa shape index (κ3) is 3.01. The van der Waals surface area contributed by atoms with Crippen molar-refractivity contribution in [1.29, 1.82) is 0 Å². The van der Waals surface area contributed by atoms with Crippen LogP contribution in [0.3, 0.4) is 0 Å². The van der Waals surface area contributed by atoms with E-state index in [1.165, 1.54) is 18.4 Å². The van der Waals surface area contributed by atoms with Crippen LogP contribution in [0.5, 0.6) is 0 Å². The third-order valence-electron chi connectivity index (χ3n) is 3.11. The molecule has 1 aromatic heterocycles. The average Bonchev–Trinajstić information content (AvgIpc) is 3.18. The zero-order valence-corrected chi connectivity index (χ0v) is 12.8. The summed E-state index contributed by atoms with van der Waals surface area (Å²) in [4.78, 5) is 0. The van der Waals surface area contributed by atoms with E-state index in [-0.39, 0.29) is 0 Å². The summed E-state index contributed by atoms with van der Waals surface area (Å²) in [6.45, 7) is 0.461. The smallest absolute Gasteiger partial charge is 0.191 e. The van der Waals surface area contributed by atoms with Gasteiger partial charge in [0.2, 0.25) is 0 Å². The molecule has 0 atom stereocenters. The molecule has 1 fully saturated rings. The minimum atomic E-state index is 0.461. The van der Waals surface area contributed by atoms with E-state index in [1.54, 1.807) is 11.8 Å². The first kappa shape index (κ1) is 13.1. The van der Waals surface area contributed by atoms with Gasteiger partial charge in [-0.15, -0.1) is 10.2 Å².